The lowest BCUT2D eigenvalue weighted by Gasteiger charge is -2.23. The van der Waals surface area contributed by atoms with E-state index in [9.17, 15) is 10.2 Å². The molecule has 30 heavy (non-hydrogen) atoms. The van der Waals surface area contributed by atoms with Gasteiger partial charge in [0.1, 0.15) is 17.1 Å². The molecule has 0 amide bonds. The van der Waals surface area contributed by atoms with Crippen LogP contribution in [0.2, 0.25) is 5.02 Å². The van der Waals surface area contributed by atoms with E-state index in [0.717, 1.165) is 0 Å². The Morgan fingerprint density at radius 2 is 1.83 bits per heavy atom. The predicted molar refractivity (Wildman–Crippen MR) is 120 cm³/mol. The number of nitrogens with zero attached hydrogens (tertiary/aromatic N) is 2. The van der Waals surface area contributed by atoms with Gasteiger partial charge in [-0.25, -0.2) is 4.98 Å². The third-order valence-corrected chi connectivity index (χ3v) is 5.63. The van der Waals surface area contributed by atoms with Crippen LogP contribution >= 0.6 is 27.5 Å². The number of phenolic OH excluding ortho intramolecular Hbond substituents is 2. The van der Waals surface area contributed by atoms with Crippen LogP contribution < -0.4 is 10.1 Å². The Kier molecular flexibility index (Phi) is 5.65. The molecule has 4 aromatic rings. The van der Waals surface area contributed by atoms with E-state index in [2.05, 4.69) is 31.2 Å². The average molecular weight is 487 g/mol. The molecule has 152 valence electrons. The van der Waals surface area contributed by atoms with Crippen molar-refractivity contribution >= 4 is 44.3 Å². The second kappa shape index (κ2) is 8.38. The highest BCUT2D eigenvalue weighted by molar-refractivity contribution is 9.10. The van der Waals surface area contributed by atoms with Crippen LogP contribution in [0.15, 0.2) is 65.4 Å². The van der Waals surface area contributed by atoms with Gasteiger partial charge in [0, 0.05) is 23.3 Å². The summed E-state index contributed by atoms with van der Waals surface area (Å²) in [4.78, 5) is 8.63. The number of rotatable bonds is 5. The summed E-state index contributed by atoms with van der Waals surface area (Å²) in [5.41, 5.74) is 1.62. The topological polar surface area (TPSA) is 87.5 Å². The first kappa shape index (κ1) is 20.3. The third kappa shape index (κ3) is 3.74. The third-order valence-electron chi connectivity index (χ3n) is 4.72. The fourth-order valence-corrected chi connectivity index (χ4v) is 4.01. The van der Waals surface area contributed by atoms with Crippen molar-refractivity contribution in [1.29, 1.82) is 0 Å². The molecular weight excluding hydrogens is 470 g/mol. The van der Waals surface area contributed by atoms with E-state index in [0.29, 0.717) is 37.3 Å². The van der Waals surface area contributed by atoms with E-state index in [1.807, 2.05) is 18.2 Å². The smallest absolute Gasteiger partial charge is 0.172 e. The number of halogens is 2. The Morgan fingerprint density at radius 3 is 2.57 bits per heavy atom. The summed E-state index contributed by atoms with van der Waals surface area (Å²) in [6.45, 7) is 0. The molecule has 0 radical (unpaired) electrons. The number of anilines is 1. The molecule has 0 bridgehead atoms. The minimum Gasteiger partial charge on any atom is -0.505 e. The second-order valence-electron chi connectivity index (χ2n) is 6.54. The molecular formula is C22H17BrClN3O3. The lowest BCUT2D eigenvalue weighted by Crippen LogP contribution is -2.14. The first-order valence-electron chi connectivity index (χ1n) is 8.99. The number of aromatic nitrogens is 2. The maximum atomic E-state index is 11.1. The first-order chi connectivity index (χ1) is 14.5. The Labute approximate surface area is 186 Å². The highest BCUT2D eigenvalue weighted by Crippen LogP contribution is 2.43. The summed E-state index contributed by atoms with van der Waals surface area (Å²) in [5.74, 6) is 0.880. The highest BCUT2D eigenvalue weighted by atomic mass is 79.9. The minimum atomic E-state index is -0.561. The number of nitrogens with one attached hydrogen (secondary N) is 1. The largest absolute Gasteiger partial charge is 0.505 e. The zero-order chi connectivity index (χ0) is 21.3. The van der Waals surface area contributed by atoms with Crippen molar-refractivity contribution in [3.05, 3.63) is 81.5 Å². The molecule has 0 unspecified atom stereocenters. The standard InChI is InChI=1S/C22H17BrClN3O3/c1-30-17-10-12(9-15(23)22(17)29)19(27-18-6-2-3-7-25-18)14-11-16(24)13-5-4-8-26-20(13)21(14)28/h2-11,19,28-29H,1H3,(H,25,27)/t19-/m0/s1. The molecule has 0 saturated heterocycles. The van der Waals surface area contributed by atoms with E-state index in [4.69, 9.17) is 16.3 Å². The van der Waals surface area contributed by atoms with Crippen LogP contribution in [0.3, 0.4) is 0 Å². The molecule has 0 fully saturated rings. The van der Waals surface area contributed by atoms with Crippen molar-refractivity contribution in [2.75, 3.05) is 12.4 Å². The van der Waals surface area contributed by atoms with Crippen molar-refractivity contribution in [3.8, 4) is 17.2 Å². The number of phenols is 2. The predicted octanol–water partition coefficient (Wildman–Crippen LogP) is 5.67. The Morgan fingerprint density at radius 1 is 1.03 bits per heavy atom. The summed E-state index contributed by atoms with van der Waals surface area (Å²) in [7, 11) is 1.47. The molecule has 2 aromatic heterocycles. The molecule has 2 heterocycles. The summed E-state index contributed by atoms with van der Waals surface area (Å²) in [5, 5.41) is 25.7. The number of ether oxygens (including phenoxy) is 1. The van der Waals surface area contributed by atoms with Gasteiger partial charge in [-0.1, -0.05) is 17.7 Å². The van der Waals surface area contributed by atoms with E-state index < -0.39 is 6.04 Å². The summed E-state index contributed by atoms with van der Waals surface area (Å²) < 4.78 is 5.76. The van der Waals surface area contributed by atoms with Gasteiger partial charge in [0.05, 0.1) is 22.6 Å². The van der Waals surface area contributed by atoms with Crippen LogP contribution in [0.5, 0.6) is 17.2 Å². The van der Waals surface area contributed by atoms with Crippen molar-refractivity contribution in [1.82, 2.24) is 9.97 Å². The molecule has 0 spiro atoms. The molecule has 4 rings (SSSR count). The Bertz CT molecular complexity index is 1220. The van der Waals surface area contributed by atoms with Crippen molar-refractivity contribution in [3.63, 3.8) is 0 Å². The van der Waals surface area contributed by atoms with Gasteiger partial charge < -0.3 is 20.3 Å². The molecule has 1 atom stereocenters. The van der Waals surface area contributed by atoms with Gasteiger partial charge in [0.2, 0.25) is 0 Å². The van der Waals surface area contributed by atoms with E-state index >= 15 is 0 Å². The maximum Gasteiger partial charge on any atom is 0.172 e. The summed E-state index contributed by atoms with van der Waals surface area (Å²) in [6.07, 6.45) is 3.27. The van der Waals surface area contributed by atoms with Crippen LogP contribution in [-0.4, -0.2) is 27.3 Å². The number of methoxy groups -OCH3 is 1. The zero-order valence-corrected chi connectivity index (χ0v) is 18.1. The Hall–Kier alpha value is -3.03. The molecule has 0 aliphatic rings. The zero-order valence-electron chi connectivity index (χ0n) is 15.8. The van der Waals surface area contributed by atoms with Crippen LogP contribution in [0.4, 0.5) is 5.82 Å². The molecule has 0 aliphatic carbocycles. The van der Waals surface area contributed by atoms with Crippen LogP contribution in [0.1, 0.15) is 17.2 Å². The van der Waals surface area contributed by atoms with E-state index in [-0.39, 0.29) is 17.2 Å². The fraction of sp³-hybridized carbons (Fsp3) is 0.0909. The maximum absolute atomic E-state index is 11.1. The normalized spacial score (nSPS) is 12.0. The lowest BCUT2D eigenvalue weighted by atomic mass is 9.95. The van der Waals surface area contributed by atoms with Crippen LogP contribution in [-0.2, 0) is 0 Å². The van der Waals surface area contributed by atoms with Crippen LogP contribution in [0.25, 0.3) is 10.9 Å². The monoisotopic (exact) mass is 485 g/mol. The molecule has 6 nitrogen and oxygen atoms in total. The number of hydrogen-bond donors (Lipinski definition) is 3. The SMILES string of the molecule is COc1cc([C@H](Nc2ccccn2)c2cc(Cl)c3cccnc3c2O)cc(Br)c1O. The summed E-state index contributed by atoms with van der Waals surface area (Å²) >= 11 is 9.88. The van der Waals surface area contributed by atoms with E-state index in [1.165, 1.54) is 7.11 Å². The molecule has 0 saturated carbocycles. The van der Waals surface area contributed by atoms with Gasteiger partial charge in [0.25, 0.3) is 0 Å². The summed E-state index contributed by atoms with van der Waals surface area (Å²) in [6, 6.07) is 13.6. The molecule has 8 heteroatoms. The number of hydrogen-bond acceptors (Lipinski definition) is 6. The van der Waals surface area contributed by atoms with Gasteiger partial charge in [-0.15, -0.1) is 0 Å². The number of fused-ring (bicyclic) bond motifs is 1. The Balaban J connectivity index is 1.94. The molecule has 3 N–H and O–H groups in total. The van der Waals surface area contributed by atoms with Crippen molar-refractivity contribution in [2.24, 2.45) is 0 Å². The van der Waals surface area contributed by atoms with Gasteiger partial charge in [-0.2, -0.15) is 0 Å². The molecule has 0 aliphatic heterocycles. The minimum absolute atomic E-state index is 0.00611. The number of aromatic hydroxyl groups is 2. The van der Waals surface area contributed by atoms with Crippen LogP contribution in [0, 0.1) is 0 Å². The molecule has 2 aromatic carbocycles. The van der Waals surface area contributed by atoms with Gasteiger partial charge >= 0.3 is 0 Å². The van der Waals surface area contributed by atoms with Gasteiger partial charge in [0.15, 0.2) is 11.5 Å². The highest BCUT2D eigenvalue weighted by Gasteiger charge is 2.24. The van der Waals surface area contributed by atoms with Crippen molar-refractivity contribution in [2.45, 2.75) is 6.04 Å². The average Bonchev–Trinajstić information content (AvgIpc) is 2.77. The van der Waals surface area contributed by atoms with Crippen molar-refractivity contribution < 1.29 is 14.9 Å². The quantitative estimate of drug-likeness (QED) is 0.337. The number of benzene rings is 2. The lowest BCUT2D eigenvalue weighted by molar-refractivity contribution is 0.371. The van der Waals surface area contributed by atoms with Gasteiger partial charge in [-0.05, 0) is 64.0 Å². The van der Waals surface area contributed by atoms with E-state index in [1.54, 1.807) is 42.7 Å². The fourth-order valence-electron chi connectivity index (χ4n) is 3.28. The van der Waals surface area contributed by atoms with Gasteiger partial charge in [-0.3, -0.25) is 4.98 Å². The first-order valence-corrected chi connectivity index (χ1v) is 10.2. The number of pyridine rings is 2. The second-order valence-corrected chi connectivity index (χ2v) is 7.80.